The van der Waals surface area contributed by atoms with Gasteiger partial charge >= 0.3 is 0 Å². The molecule has 4 nitrogen and oxygen atoms in total. The second-order valence-corrected chi connectivity index (χ2v) is 11.7. The van der Waals surface area contributed by atoms with Gasteiger partial charge in [-0.3, -0.25) is 4.40 Å². The molecule has 10 rings (SSSR count). The molecule has 0 radical (unpaired) electrons. The summed E-state index contributed by atoms with van der Waals surface area (Å²) in [6.07, 6.45) is 2.09. The Morgan fingerprint density at radius 2 is 0.978 bits per heavy atom. The molecule has 0 saturated heterocycles. The molecule has 0 aliphatic rings. The number of aromatic nitrogens is 4. The molecule has 6 aromatic carbocycles. The van der Waals surface area contributed by atoms with Gasteiger partial charge in [-0.1, -0.05) is 72.8 Å². The predicted molar refractivity (Wildman–Crippen MR) is 187 cm³/mol. The van der Waals surface area contributed by atoms with Crippen molar-refractivity contribution in [3.63, 3.8) is 0 Å². The average Bonchev–Trinajstić information content (AvgIpc) is 3.76. The first-order valence-corrected chi connectivity index (χ1v) is 15.3. The third-order valence-corrected chi connectivity index (χ3v) is 9.24. The van der Waals surface area contributed by atoms with Gasteiger partial charge in [-0.05, 0) is 90.0 Å². The third kappa shape index (κ3) is 3.45. The molecule has 0 aliphatic heterocycles. The number of hydrogen-bond acceptors (Lipinski definition) is 1. The van der Waals surface area contributed by atoms with Gasteiger partial charge < -0.3 is 9.13 Å². The summed E-state index contributed by atoms with van der Waals surface area (Å²) in [5, 5.41) is 4.94. The lowest BCUT2D eigenvalue weighted by molar-refractivity contribution is 1.18. The lowest BCUT2D eigenvalue weighted by Crippen LogP contribution is -1.94. The minimum absolute atomic E-state index is 0.952. The van der Waals surface area contributed by atoms with Gasteiger partial charge in [-0.2, -0.15) is 0 Å². The molecule has 0 aliphatic carbocycles. The standard InChI is InChI=1S/C41H26N4/c1-3-11-29(12-4-1)44-35-16-8-7-15-31(35)33-25-27(18-21-36(33)44)28-19-22-37-34(26-28)32-20-23-38-40(42-39-17-9-10-24-43(38)39)41(32)45(37)30-13-5-2-6-14-30/h1-26H. The summed E-state index contributed by atoms with van der Waals surface area (Å²) < 4.78 is 6.92. The summed E-state index contributed by atoms with van der Waals surface area (Å²) in [4.78, 5) is 5.14. The second kappa shape index (κ2) is 9.18. The molecule has 10 aromatic rings. The smallest absolute Gasteiger partial charge is 0.137 e. The molecule has 0 amide bonds. The van der Waals surface area contributed by atoms with E-state index in [0.29, 0.717) is 0 Å². The zero-order chi connectivity index (χ0) is 29.5. The number of rotatable bonds is 3. The zero-order valence-corrected chi connectivity index (χ0v) is 24.3. The van der Waals surface area contributed by atoms with Crippen LogP contribution in [0.5, 0.6) is 0 Å². The Morgan fingerprint density at radius 1 is 0.400 bits per heavy atom. The van der Waals surface area contributed by atoms with Crippen LogP contribution in [-0.2, 0) is 0 Å². The van der Waals surface area contributed by atoms with Crippen molar-refractivity contribution >= 4 is 60.3 Å². The molecule has 4 aromatic heterocycles. The fourth-order valence-electron chi connectivity index (χ4n) is 7.26. The van der Waals surface area contributed by atoms with E-state index in [1.54, 1.807) is 0 Å². The van der Waals surface area contributed by atoms with Crippen molar-refractivity contribution in [1.82, 2.24) is 18.5 Å². The maximum Gasteiger partial charge on any atom is 0.137 e. The van der Waals surface area contributed by atoms with E-state index >= 15 is 0 Å². The van der Waals surface area contributed by atoms with Gasteiger partial charge in [0.2, 0.25) is 0 Å². The highest BCUT2D eigenvalue weighted by molar-refractivity contribution is 6.18. The largest absolute Gasteiger partial charge is 0.309 e. The topological polar surface area (TPSA) is 27.2 Å². The maximum absolute atomic E-state index is 5.14. The highest BCUT2D eigenvalue weighted by Gasteiger charge is 2.19. The number of nitrogens with zero attached hydrogens (tertiary/aromatic N) is 4. The van der Waals surface area contributed by atoms with Crippen molar-refractivity contribution in [1.29, 1.82) is 0 Å². The molecule has 0 N–H and O–H groups in total. The second-order valence-electron chi connectivity index (χ2n) is 11.7. The van der Waals surface area contributed by atoms with Crippen LogP contribution in [-0.4, -0.2) is 18.5 Å². The van der Waals surface area contributed by atoms with Crippen LogP contribution in [0.2, 0.25) is 0 Å². The molecule has 0 bridgehead atoms. The van der Waals surface area contributed by atoms with Crippen LogP contribution in [0.1, 0.15) is 0 Å². The SMILES string of the molecule is c1ccc(-n2c3ccccc3c3cc(-c4ccc5c(c4)c4ccc6c(nc7ccccn76)c4n5-c4ccccc4)ccc32)cc1. The zero-order valence-electron chi connectivity index (χ0n) is 24.3. The summed E-state index contributed by atoms with van der Waals surface area (Å²) in [7, 11) is 0. The van der Waals surface area contributed by atoms with Crippen molar-refractivity contribution in [2.24, 2.45) is 0 Å². The lowest BCUT2D eigenvalue weighted by atomic mass is 10.0. The Balaban J connectivity index is 1.24. The molecule has 210 valence electrons. The molecule has 4 heterocycles. The molecule has 0 unspecified atom stereocenters. The highest BCUT2D eigenvalue weighted by Crippen LogP contribution is 2.40. The number of para-hydroxylation sites is 3. The van der Waals surface area contributed by atoms with Crippen LogP contribution in [0.25, 0.3) is 82.8 Å². The first kappa shape index (κ1) is 24.3. The summed E-state index contributed by atoms with van der Waals surface area (Å²) in [6.45, 7) is 0. The van der Waals surface area contributed by atoms with Gasteiger partial charge in [0.15, 0.2) is 0 Å². The van der Waals surface area contributed by atoms with E-state index < -0.39 is 0 Å². The van der Waals surface area contributed by atoms with Gasteiger partial charge in [0.25, 0.3) is 0 Å². The van der Waals surface area contributed by atoms with Crippen molar-refractivity contribution in [2.75, 3.05) is 0 Å². The first-order chi connectivity index (χ1) is 22.3. The molecule has 0 fully saturated rings. The van der Waals surface area contributed by atoms with Crippen molar-refractivity contribution in [3.8, 4) is 22.5 Å². The quantitative estimate of drug-likeness (QED) is 0.206. The first-order valence-electron chi connectivity index (χ1n) is 15.3. The highest BCUT2D eigenvalue weighted by atomic mass is 15.0. The maximum atomic E-state index is 5.14. The Morgan fingerprint density at radius 3 is 1.73 bits per heavy atom. The van der Waals surface area contributed by atoms with Gasteiger partial charge in [0.1, 0.15) is 11.2 Å². The molecule has 4 heteroatoms. The molecule has 0 atom stereocenters. The molecule has 0 saturated carbocycles. The summed E-state index contributed by atoms with van der Waals surface area (Å²) in [5.74, 6) is 0. The van der Waals surface area contributed by atoms with Crippen LogP contribution in [0.3, 0.4) is 0 Å². The van der Waals surface area contributed by atoms with Crippen molar-refractivity contribution in [2.45, 2.75) is 0 Å². The van der Waals surface area contributed by atoms with E-state index in [0.717, 1.165) is 27.9 Å². The monoisotopic (exact) mass is 574 g/mol. The van der Waals surface area contributed by atoms with Crippen LogP contribution in [0.4, 0.5) is 0 Å². The van der Waals surface area contributed by atoms with Gasteiger partial charge in [0, 0.05) is 39.1 Å². The van der Waals surface area contributed by atoms with Gasteiger partial charge in [0.05, 0.1) is 27.6 Å². The Bertz CT molecular complexity index is 2750. The van der Waals surface area contributed by atoms with E-state index in [1.807, 2.05) is 6.07 Å². The normalized spacial score (nSPS) is 12.0. The molecular formula is C41H26N4. The van der Waals surface area contributed by atoms with Crippen LogP contribution in [0, 0.1) is 0 Å². The van der Waals surface area contributed by atoms with E-state index in [1.165, 1.54) is 54.9 Å². The van der Waals surface area contributed by atoms with Gasteiger partial charge in [-0.25, -0.2) is 4.98 Å². The minimum Gasteiger partial charge on any atom is -0.309 e. The fourth-order valence-corrected chi connectivity index (χ4v) is 7.26. The number of fused-ring (bicyclic) bond motifs is 10. The number of benzene rings is 6. The van der Waals surface area contributed by atoms with Gasteiger partial charge in [-0.15, -0.1) is 0 Å². The molecule has 0 spiro atoms. The molecular weight excluding hydrogens is 548 g/mol. The number of hydrogen-bond donors (Lipinski definition) is 0. The van der Waals surface area contributed by atoms with Crippen LogP contribution in [0.15, 0.2) is 158 Å². The summed E-state index contributed by atoms with van der Waals surface area (Å²) >= 11 is 0. The Labute approximate surface area is 258 Å². The Hall–Kier alpha value is -6.13. The van der Waals surface area contributed by atoms with E-state index in [2.05, 4.69) is 165 Å². The van der Waals surface area contributed by atoms with Crippen molar-refractivity contribution < 1.29 is 0 Å². The van der Waals surface area contributed by atoms with Crippen molar-refractivity contribution in [3.05, 3.63) is 158 Å². The average molecular weight is 575 g/mol. The third-order valence-electron chi connectivity index (χ3n) is 9.24. The Kier molecular flexibility index (Phi) is 4.96. The van der Waals surface area contributed by atoms with E-state index in [-0.39, 0.29) is 0 Å². The molecule has 45 heavy (non-hydrogen) atoms. The van der Waals surface area contributed by atoms with E-state index in [4.69, 9.17) is 4.98 Å². The number of imidazole rings is 1. The number of pyridine rings is 1. The lowest BCUT2D eigenvalue weighted by Gasteiger charge is -2.09. The predicted octanol–water partition coefficient (Wildman–Crippen LogP) is 10.3. The van der Waals surface area contributed by atoms with Crippen LogP contribution < -0.4 is 0 Å². The van der Waals surface area contributed by atoms with Crippen LogP contribution >= 0.6 is 0 Å². The summed E-state index contributed by atoms with van der Waals surface area (Å²) in [5.41, 5.74) is 12.5. The fraction of sp³-hybridized carbons (Fsp3) is 0. The minimum atomic E-state index is 0.952. The van der Waals surface area contributed by atoms with E-state index in [9.17, 15) is 0 Å². The summed E-state index contributed by atoms with van der Waals surface area (Å²) in [6, 6.07) is 54.4.